The summed E-state index contributed by atoms with van der Waals surface area (Å²) in [4.78, 5) is 35.9. The summed E-state index contributed by atoms with van der Waals surface area (Å²) in [7, 11) is 0. The molecule has 0 radical (unpaired) electrons. The Morgan fingerprint density at radius 2 is 1.44 bits per heavy atom. The monoisotopic (exact) mass is 367 g/mol. The molecule has 1 amide bonds. The normalized spacial score (nSPS) is 11.7. The van der Waals surface area contributed by atoms with Gasteiger partial charge in [-0.05, 0) is 31.9 Å². The van der Waals surface area contributed by atoms with Gasteiger partial charge in [0.05, 0.1) is 6.42 Å². The average Bonchev–Trinajstić information content (AvgIpc) is 2.66. The molecule has 1 N–H and O–H groups in total. The third-order valence-corrected chi connectivity index (χ3v) is 3.98. The maximum atomic E-state index is 12.3. The van der Waals surface area contributed by atoms with Gasteiger partial charge in [0.2, 0.25) is 0 Å². The average molecular weight is 367 g/mol. The van der Waals surface area contributed by atoms with Crippen LogP contribution in [0.1, 0.15) is 44.0 Å². The Labute approximate surface area is 159 Å². The number of carbonyl (C=O) groups is 3. The highest BCUT2D eigenvalue weighted by molar-refractivity contribution is 5.98. The molecule has 27 heavy (non-hydrogen) atoms. The molecule has 0 heterocycles. The molecule has 0 bridgehead atoms. The van der Waals surface area contributed by atoms with E-state index in [1.807, 2.05) is 56.3 Å². The van der Waals surface area contributed by atoms with E-state index in [9.17, 15) is 14.4 Å². The summed E-state index contributed by atoms with van der Waals surface area (Å²) < 4.78 is 5.07. The molecule has 0 saturated carbocycles. The predicted octanol–water partition coefficient (Wildman–Crippen LogP) is 3.77. The van der Waals surface area contributed by atoms with E-state index in [0.717, 1.165) is 11.1 Å². The quantitative estimate of drug-likeness (QED) is 0.569. The van der Waals surface area contributed by atoms with E-state index in [-0.39, 0.29) is 30.6 Å². The largest absolute Gasteiger partial charge is 0.453 e. The second kappa shape index (κ2) is 9.67. The summed E-state index contributed by atoms with van der Waals surface area (Å²) in [6, 6.07) is 17.1. The van der Waals surface area contributed by atoms with Gasteiger partial charge in [-0.2, -0.15) is 0 Å². The van der Waals surface area contributed by atoms with Crippen molar-refractivity contribution in [3.05, 3.63) is 60.2 Å². The molecule has 0 saturated heterocycles. The summed E-state index contributed by atoms with van der Waals surface area (Å²) in [6.45, 7) is 5.17. The van der Waals surface area contributed by atoms with E-state index < -0.39 is 12.1 Å². The number of nitrogens with one attached hydrogen (secondary N) is 1. The lowest BCUT2D eigenvalue weighted by molar-refractivity contribution is -0.154. The van der Waals surface area contributed by atoms with E-state index in [4.69, 9.17) is 4.74 Å². The summed E-state index contributed by atoms with van der Waals surface area (Å²) in [6.07, 6.45) is -0.888. The van der Waals surface area contributed by atoms with Crippen molar-refractivity contribution in [3.8, 4) is 11.1 Å². The van der Waals surface area contributed by atoms with E-state index in [1.54, 1.807) is 12.1 Å². The number of rotatable bonds is 8. The van der Waals surface area contributed by atoms with Crippen LogP contribution in [0.3, 0.4) is 0 Å². The van der Waals surface area contributed by atoms with E-state index in [2.05, 4.69) is 5.32 Å². The lowest BCUT2D eigenvalue weighted by Gasteiger charge is -2.15. The van der Waals surface area contributed by atoms with Gasteiger partial charge in [0, 0.05) is 18.0 Å². The molecular formula is C22H25NO4. The van der Waals surface area contributed by atoms with Crippen LogP contribution in [0, 0.1) is 0 Å². The van der Waals surface area contributed by atoms with Crippen LogP contribution in [-0.2, 0) is 14.3 Å². The Morgan fingerprint density at radius 1 is 0.852 bits per heavy atom. The maximum absolute atomic E-state index is 12.3. The Morgan fingerprint density at radius 3 is 2.04 bits per heavy atom. The van der Waals surface area contributed by atoms with Gasteiger partial charge in [0.15, 0.2) is 11.9 Å². The highest BCUT2D eigenvalue weighted by atomic mass is 16.5. The molecule has 0 aliphatic carbocycles. The molecule has 5 heteroatoms. The number of ketones is 1. The zero-order valence-electron chi connectivity index (χ0n) is 15.9. The van der Waals surface area contributed by atoms with Gasteiger partial charge in [-0.15, -0.1) is 0 Å². The lowest BCUT2D eigenvalue weighted by atomic mass is 10.0. The molecule has 0 aromatic heterocycles. The molecular weight excluding hydrogens is 342 g/mol. The second-order valence-corrected chi connectivity index (χ2v) is 6.66. The molecule has 0 aliphatic heterocycles. The van der Waals surface area contributed by atoms with Crippen molar-refractivity contribution in [2.45, 2.75) is 45.8 Å². The molecule has 5 nitrogen and oxygen atoms in total. The number of amides is 1. The third-order valence-electron chi connectivity index (χ3n) is 3.98. The van der Waals surface area contributed by atoms with Crippen LogP contribution in [0.25, 0.3) is 11.1 Å². The predicted molar refractivity (Wildman–Crippen MR) is 104 cm³/mol. The van der Waals surface area contributed by atoms with Crippen molar-refractivity contribution in [1.82, 2.24) is 5.32 Å². The molecule has 2 aromatic carbocycles. The Kier molecular flexibility index (Phi) is 7.29. The summed E-state index contributed by atoms with van der Waals surface area (Å²) in [5, 5.41) is 2.67. The Balaban J connectivity index is 1.84. The fourth-order valence-corrected chi connectivity index (χ4v) is 2.55. The number of hydrogen-bond donors (Lipinski definition) is 1. The molecule has 0 unspecified atom stereocenters. The van der Waals surface area contributed by atoms with E-state index >= 15 is 0 Å². The van der Waals surface area contributed by atoms with Crippen LogP contribution in [0.5, 0.6) is 0 Å². The first-order valence-corrected chi connectivity index (χ1v) is 9.05. The Hall–Kier alpha value is -2.95. The highest BCUT2D eigenvalue weighted by Gasteiger charge is 2.19. The smallest absolute Gasteiger partial charge is 0.307 e. The van der Waals surface area contributed by atoms with Crippen molar-refractivity contribution >= 4 is 17.7 Å². The highest BCUT2D eigenvalue weighted by Crippen LogP contribution is 2.20. The van der Waals surface area contributed by atoms with Gasteiger partial charge < -0.3 is 10.1 Å². The minimum Gasteiger partial charge on any atom is -0.453 e. The van der Waals surface area contributed by atoms with Gasteiger partial charge in [-0.3, -0.25) is 14.4 Å². The molecule has 142 valence electrons. The van der Waals surface area contributed by atoms with E-state index in [0.29, 0.717) is 5.56 Å². The number of ether oxygens (including phenoxy) is 1. The standard InChI is InChI=1S/C22H25NO4/c1-15(2)23-22(26)16(3)27-21(25)14-13-20(24)19-11-9-18(10-12-19)17-7-5-4-6-8-17/h4-12,15-16H,13-14H2,1-3H3,(H,23,26)/t16-/m1/s1. The van der Waals surface area contributed by atoms with Gasteiger partial charge in [-0.1, -0.05) is 54.6 Å². The number of Topliss-reactive ketones (excluding diaryl/α,β-unsaturated/α-hetero) is 1. The SMILES string of the molecule is CC(C)NC(=O)[C@@H](C)OC(=O)CCC(=O)c1ccc(-c2ccccc2)cc1. The minimum absolute atomic E-state index is 0.0286. The zero-order chi connectivity index (χ0) is 19.8. The van der Waals surface area contributed by atoms with E-state index in [1.165, 1.54) is 6.92 Å². The first kappa shape index (κ1) is 20.4. The van der Waals surface area contributed by atoms with Crippen LogP contribution in [0.2, 0.25) is 0 Å². The summed E-state index contributed by atoms with van der Waals surface area (Å²) >= 11 is 0. The third kappa shape index (κ3) is 6.37. The van der Waals surface area contributed by atoms with Crippen LogP contribution < -0.4 is 5.32 Å². The first-order valence-electron chi connectivity index (χ1n) is 9.05. The molecule has 0 spiro atoms. The van der Waals surface area contributed by atoms with Crippen molar-refractivity contribution in [1.29, 1.82) is 0 Å². The molecule has 1 atom stereocenters. The number of esters is 1. The molecule has 0 aliphatic rings. The fourth-order valence-electron chi connectivity index (χ4n) is 2.55. The number of hydrogen-bond acceptors (Lipinski definition) is 4. The van der Waals surface area contributed by atoms with Crippen LogP contribution in [0.15, 0.2) is 54.6 Å². The van der Waals surface area contributed by atoms with Crippen LogP contribution >= 0.6 is 0 Å². The first-order chi connectivity index (χ1) is 12.9. The van der Waals surface area contributed by atoms with Crippen molar-refractivity contribution in [2.24, 2.45) is 0 Å². The summed E-state index contributed by atoms with van der Waals surface area (Å²) in [5.74, 6) is -1.04. The number of carbonyl (C=O) groups excluding carboxylic acids is 3. The second-order valence-electron chi connectivity index (χ2n) is 6.66. The molecule has 2 aromatic rings. The topological polar surface area (TPSA) is 72.5 Å². The Bertz CT molecular complexity index is 782. The number of benzene rings is 2. The zero-order valence-corrected chi connectivity index (χ0v) is 15.9. The van der Waals surface area contributed by atoms with Crippen molar-refractivity contribution in [2.75, 3.05) is 0 Å². The van der Waals surface area contributed by atoms with Gasteiger partial charge in [0.1, 0.15) is 0 Å². The van der Waals surface area contributed by atoms with Crippen LogP contribution in [0.4, 0.5) is 0 Å². The van der Waals surface area contributed by atoms with Crippen LogP contribution in [-0.4, -0.2) is 29.8 Å². The van der Waals surface area contributed by atoms with Gasteiger partial charge in [0.25, 0.3) is 5.91 Å². The maximum Gasteiger partial charge on any atom is 0.307 e. The lowest BCUT2D eigenvalue weighted by Crippen LogP contribution is -2.39. The van der Waals surface area contributed by atoms with Gasteiger partial charge in [-0.25, -0.2) is 0 Å². The molecule has 2 rings (SSSR count). The minimum atomic E-state index is -0.875. The molecule has 0 fully saturated rings. The van der Waals surface area contributed by atoms with Crippen molar-refractivity contribution < 1.29 is 19.1 Å². The summed E-state index contributed by atoms with van der Waals surface area (Å²) in [5.41, 5.74) is 2.65. The van der Waals surface area contributed by atoms with Crippen molar-refractivity contribution in [3.63, 3.8) is 0 Å². The van der Waals surface area contributed by atoms with Gasteiger partial charge >= 0.3 is 5.97 Å². The fraction of sp³-hybridized carbons (Fsp3) is 0.318.